The summed E-state index contributed by atoms with van der Waals surface area (Å²) in [5.41, 5.74) is 4.03. The highest BCUT2D eigenvalue weighted by molar-refractivity contribution is 7.15. The van der Waals surface area contributed by atoms with E-state index in [1.165, 1.54) is 5.56 Å². The molecular formula is C24H22ClN7O2S. The van der Waals surface area contributed by atoms with Crippen LogP contribution in [-0.2, 0) is 30.8 Å². The highest BCUT2D eigenvalue weighted by atomic mass is 35.5. The van der Waals surface area contributed by atoms with E-state index in [-0.39, 0.29) is 6.09 Å². The molecule has 0 aliphatic carbocycles. The first-order valence-corrected chi connectivity index (χ1v) is 12.5. The van der Waals surface area contributed by atoms with Crippen LogP contribution in [0.15, 0.2) is 48.0 Å². The molecule has 1 amide bonds. The lowest BCUT2D eigenvalue weighted by Gasteiger charge is -2.27. The summed E-state index contributed by atoms with van der Waals surface area (Å²) in [4.78, 5) is 24.6. The van der Waals surface area contributed by atoms with Gasteiger partial charge in [-0.05, 0) is 25.0 Å². The van der Waals surface area contributed by atoms with Gasteiger partial charge in [0.1, 0.15) is 24.0 Å². The second-order valence-corrected chi connectivity index (χ2v) is 9.90. The molecule has 2 aliphatic heterocycles. The first-order chi connectivity index (χ1) is 17.1. The second kappa shape index (κ2) is 8.94. The molecule has 0 N–H and O–H groups in total. The van der Waals surface area contributed by atoms with Gasteiger partial charge in [0.2, 0.25) is 0 Å². The van der Waals surface area contributed by atoms with E-state index >= 15 is 0 Å². The molecule has 0 radical (unpaired) electrons. The number of carbonyl (C=O) groups excluding carboxylic acids is 1. The smallest absolute Gasteiger partial charge is 0.410 e. The Morgan fingerprint density at radius 2 is 2.14 bits per heavy atom. The van der Waals surface area contributed by atoms with Crippen molar-refractivity contribution in [2.45, 2.75) is 33.0 Å². The van der Waals surface area contributed by atoms with Crippen molar-refractivity contribution in [2.24, 2.45) is 4.99 Å². The molecule has 1 aromatic carbocycles. The van der Waals surface area contributed by atoms with E-state index in [2.05, 4.69) is 19.7 Å². The maximum absolute atomic E-state index is 12.8. The number of thiophene rings is 1. The van der Waals surface area contributed by atoms with Crippen LogP contribution >= 0.6 is 22.9 Å². The van der Waals surface area contributed by atoms with E-state index in [0.29, 0.717) is 44.2 Å². The molecule has 0 spiro atoms. The largest absolute Gasteiger partial charge is 0.448 e. The van der Waals surface area contributed by atoms with Gasteiger partial charge < -0.3 is 14.2 Å². The Balaban J connectivity index is 1.33. The monoisotopic (exact) mass is 507 g/mol. The average Bonchev–Trinajstić information content (AvgIpc) is 3.57. The zero-order chi connectivity index (χ0) is 23.9. The number of ether oxygens (including phenoxy) is 1. The number of fused-ring (bicyclic) bond motifs is 5. The number of aryl methyl sites for hydroxylation is 1. The van der Waals surface area contributed by atoms with Gasteiger partial charge in [-0.15, -0.1) is 21.5 Å². The molecule has 3 aromatic heterocycles. The highest BCUT2D eigenvalue weighted by Gasteiger charge is 2.33. The third kappa shape index (κ3) is 3.92. The minimum absolute atomic E-state index is 0.298. The fourth-order valence-corrected chi connectivity index (χ4v) is 6.23. The minimum Gasteiger partial charge on any atom is -0.448 e. The molecular weight excluding hydrogens is 486 g/mol. The van der Waals surface area contributed by atoms with Gasteiger partial charge in [-0.25, -0.2) is 9.78 Å². The van der Waals surface area contributed by atoms with E-state index in [1.54, 1.807) is 28.8 Å². The molecule has 6 rings (SSSR count). The Labute approximate surface area is 210 Å². The Kier molecular flexibility index (Phi) is 5.62. The van der Waals surface area contributed by atoms with Crippen molar-refractivity contribution in [3.63, 3.8) is 0 Å². The number of halogens is 1. The van der Waals surface area contributed by atoms with E-state index in [1.807, 2.05) is 42.0 Å². The Morgan fingerprint density at radius 1 is 1.26 bits per heavy atom. The fourth-order valence-electron chi connectivity index (χ4n) is 4.57. The van der Waals surface area contributed by atoms with Gasteiger partial charge >= 0.3 is 6.09 Å². The molecule has 0 saturated heterocycles. The van der Waals surface area contributed by atoms with Crippen LogP contribution in [0.1, 0.15) is 33.2 Å². The summed E-state index contributed by atoms with van der Waals surface area (Å²) in [7, 11) is 0. The predicted octanol–water partition coefficient (Wildman–Crippen LogP) is 4.03. The molecule has 0 atom stereocenters. The van der Waals surface area contributed by atoms with Crippen molar-refractivity contribution in [2.75, 3.05) is 13.2 Å². The van der Waals surface area contributed by atoms with Gasteiger partial charge in [-0.3, -0.25) is 9.56 Å². The number of aliphatic imine (C=N–C) groups is 1. The summed E-state index contributed by atoms with van der Waals surface area (Å²) in [5, 5.41) is 10.3. The number of nitrogens with zero attached hydrogens (tertiary/aromatic N) is 7. The van der Waals surface area contributed by atoms with Crippen molar-refractivity contribution >= 4 is 34.7 Å². The number of hydrogen-bond donors (Lipinski definition) is 0. The van der Waals surface area contributed by atoms with Crippen molar-refractivity contribution in [3.8, 4) is 5.00 Å². The highest BCUT2D eigenvalue weighted by Crippen LogP contribution is 2.40. The lowest BCUT2D eigenvalue weighted by molar-refractivity contribution is 0.0952. The Bertz CT molecular complexity index is 1440. The van der Waals surface area contributed by atoms with Crippen molar-refractivity contribution in [3.05, 3.63) is 81.2 Å². The fraction of sp³-hybridized carbons (Fsp3) is 0.292. The lowest BCUT2D eigenvalue weighted by Crippen LogP contribution is -2.36. The summed E-state index contributed by atoms with van der Waals surface area (Å²) < 4.78 is 9.50. The summed E-state index contributed by atoms with van der Waals surface area (Å²) in [6.45, 7) is 4.31. The maximum Gasteiger partial charge on any atom is 0.410 e. The van der Waals surface area contributed by atoms with Gasteiger partial charge in [0.15, 0.2) is 5.82 Å². The Hall–Kier alpha value is -3.50. The van der Waals surface area contributed by atoms with E-state index in [9.17, 15) is 4.79 Å². The molecule has 178 valence electrons. The molecule has 4 aromatic rings. The van der Waals surface area contributed by atoms with Crippen LogP contribution in [0.5, 0.6) is 0 Å². The quantitative estimate of drug-likeness (QED) is 0.416. The topological polar surface area (TPSA) is 90.4 Å². The van der Waals surface area contributed by atoms with E-state index in [0.717, 1.165) is 38.4 Å². The van der Waals surface area contributed by atoms with Crippen LogP contribution in [-0.4, -0.2) is 54.2 Å². The van der Waals surface area contributed by atoms with Gasteiger partial charge in [-0.2, -0.15) is 0 Å². The molecule has 11 heteroatoms. The molecule has 0 unspecified atom stereocenters. The minimum atomic E-state index is -0.305. The van der Waals surface area contributed by atoms with Gasteiger partial charge in [0.05, 0.1) is 25.1 Å². The van der Waals surface area contributed by atoms with Crippen LogP contribution in [0, 0.1) is 6.92 Å². The van der Waals surface area contributed by atoms with Gasteiger partial charge in [-0.1, -0.05) is 29.8 Å². The Morgan fingerprint density at radius 3 is 2.97 bits per heavy atom. The number of carbonyl (C=O) groups is 1. The van der Waals surface area contributed by atoms with Crippen LogP contribution in [0.4, 0.5) is 4.79 Å². The summed E-state index contributed by atoms with van der Waals surface area (Å²) >= 11 is 8.26. The number of amides is 1. The number of rotatable bonds is 4. The molecule has 35 heavy (non-hydrogen) atoms. The van der Waals surface area contributed by atoms with Crippen LogP contribution in [0.2, 0.25) is 5.02 Å². The standard InChI is InChI=1S/C24H22ClN7O2S/c1-15-28-29-20-12-27-22(16-4-2-3-5-18(16)25)21-17-6-8-31(13-19(17)35-23(21)32(15)20)24(33)34-11-10-30-9-7-26-14-30/h2-5,7,9,14H,6,8,10-13H2,1H3. The van der Waals surface area contributed by atoms with Crippen LogP contribution in [0.25, 0.3) is 5.00 Å². The number of benzene rings is 1. The molecule has 5 heterocycles. The third-order valence-electron chi connectivity index (χ3n) is 6.27. The van der Waals surface area contributed by atoms with Crippen LogP contribution in [0.3, 0.4) is 0 Å². The predicted molar refractivity (Wildman–Crippen MR) is 132 cm³/mol. The van der Waals surface area contributed by atoms with E-state index < -0.39 is 0 Å². The normalized spacial score (nSPS) is 14.6. The molecule has 0 fully saturated rings. The third-order valence-corrected chi connectivity index (χ3v) is 7.80. The summed E-state index contributed by atoms with van der Waals surface area (Å²) in [5.74, 6) is 1.60. The lowest BCUT2D eigenvalue weighted by atomic mass is 9.95. The first-order valence-electron chi connectivity index (χ1n) is 11.3. The summed E-state index contributed by atoms with van der Waals surface area (Å²) in [6, 6.07) is 7.78. The molecule has 0 bridgehead atoms. The second-order valence-electron chi connectivity index (χ2n) is 8.41. The van der Waals surface area contributed by atoms with Gasteiger partial charge in [0, 0.05) is 40.0 Å². The molecule has 9 nitrogen and oxygen atoms in total. The average molecular weight is 508 g/mol. The molecule has 0 saturated carbocycles. The zero-order valence-electron chi connectivity index (χ0n) is 19.0. The van der Waals surface area contributed by atoms with Crippen molar-refractivity contribution < 1.29 is 9.53 Å². The van der Waals surface area contributed by atoms with Gasteiger partial charge in [0.25, 0.3) is 0 Å². The summed E-state index contributed by atoms with van der Waals surface area (Å²) in [6.07, 6.45) is 5.66. The first kappa shape index (κ1) is 22.0. The van der Waals surface area contributed by atoms with Crippen molar-refractivity contribution in [1.29, 1.82) is 0 Å². The number of imidazole rings is 1. The zero-order valence-corrected chi connectivity index (χ0v) is 20.6. The number of hydrogen-bond acceptors (Lipinski definition) is 7. The maximum atomic E-state index is 12.8. The molecule has 2 aliphatic rings. The number of aromatic nitrogens is 5. The van der Waals surface area contributed by atoms with E-state index in [4.69, 9.17) is 21.3 Å². The van der Waals surface area contributed by atoms with Crippen LogP contribution < -0.4 is 0 Å². The van der Waals surface area contributed by atoms with Crippen molar-refractivity contribution in [1.82, 2.24) is 29.2 Å². The SMILES string of the molecule is Cc1nnc2n1-c1sc3c(c1C(c1ccccc1Cl)=NC2)CCN(C(=O)OCCn1ccnc1)C3.